The number of benzene rings is 9. The number of anilines is 6. The smallest absolute Gasteiger partial charge is 0.264 e. The molecule has 9 aromatic carbocycles. The van der Waals surface area contributed by atoms with Crippen LogP contribution in [0.4, 0.5) is 34.1 Å². The van der Waals surface area contributed by atoms with Gasteiger partial charge in [0.05, 0.1) is 11.1 Å². The minimum atomic E-state index is -0.434. The van der Waals surface area contributed by atoms with Crippen LogP contribution in [0.15, 0.2) is 176 Å². The quantitative estimate of drug-likeness (QED) is 0.159. The van der Waals surface area contributed by atoms with Gasteiger partial charge in [0.2, 0.25) is 0 Å². The average Bonchev–Trinajstić information content (AvgIpc) is 4.10. The average molecular weight is 1020 g/mol. The molecule has 0 fully saturated rings. The molecule has 0 amide bonds. The third kappa shape index (κ3) is 6.86. The normalized spacial score (nSPS) is 14.5. The van der Waals surface area contributed by atoms with Crippen molar-refractivity contribution in [3.63, 3.8) is 0 Å². The van der Waals surface area contributed by atoms with Crippen LogP contribution in [0.5, 0.6) is 0 Å². The highest BCUT2D eigenvalue weighted by Crippen LogP contribution is 2.64. The SMILES string of the molecule is Cc1cc2c3c(c1)N(c1ccc(C(C)(C)C)cc1)c1c(sc4cc5c(cc14)-c1ccc(C)cc1C51c4ccccc4-c4ccccc41)B3c1ccc(-c3c(C(C)C)cccc3C(C)C)cc1N2c1ccc(C(C)(C)C)cc1. The van der Waals surface area contributed by atoms with Crippen LogP contribution < -0.4 is 25.5 Å². The second-order valence-electron chi connectivity index (χ2n) is 25.4. The maximum absolute atomic E-state index is 2.66. The predicted octanol–water partition coefficient (Wildman–Crippen LogP) is 18.5. The van der Waals surface area contributed by atoms with Gasteiger partial charge in [-0.3, -0.25) is 0 Å². The van der Waals surface area contributed by atoms with Gasteiger partial charge >= 0.3 is 0 Å². The van der Waals surface area contributed by atoms with E-state index in [1.165, 1.54) is 149 Å². The second kappa shape index (κ2) is 16.8. The van der Waals surface area contributed by atoms with Gasteiger partial charge in [-0.25, -0.2) is 0 Å². The Morgan fingerprint density at radius 1 is 0.468 bits per heavy atom. The van der Waals surface area contributed by atoms with Crippen molar-refractivity contribution in [2.24, 2.45) is 0 Å². The highest BCUT2D eigenvalue weighted by atomic mass is 32.1. The first kappa shape index (κ1) is 48.0. The summed E-state index contributed by atoms with van der Waals surface area (Å²) in [7, 11) is 0. The first-order valence-electron chi connectivity index (χ1n) is 28.1. The summed E-state index contributed by atoms with van der Waals surface area (Å²) in [5.41, 5.74) is 31.3. The second-order valence-corrected chi connectivity index (χ2v) is 26.5. The molecular formula is C73H67BN2S. The van der Waals surface area contributed by atoms with E-state index in [1.54, 1.807) is 0 Å². The minimum absolute atomic E-state index is 0.0103. The Kier molecular flexibility index (Phi) is 10.5. The lowest BCUT2D eigenvalue weighted by atomic mass is 9.36. The van der Waals surface area contributed by atoms with Crippen LogP contribution in [0.2, 0.25) is 0 Å². The van der Waals surface area contributed by atoms with E-state index in [0.29, 0.717) is 11.8 Å². The Morgan fingerprint density at radius 2 is 1.01 bits per heavy atom. The van der Waals surface area contributed by atoms with Crippen LogP contribution in [0, 0.1) is 13.8 Å². The molecule has 3 heterocycles. The fraction of sp³-hybridized carbons (Fsp3) is 0.233. The van der Waals surface area contributed by atoms with E-state index in [9.17, 15) is 0 Å². The van der Waals surface area contributed by atoms with E-state index < -0.39 is 5.41 Å². The first-order chi connectivity index (χ1) is 36.9. The number of thiophene rings is 1. The van der Waals surface area contributed by atoms with Gasteiger partial charge in [0.15, 0.2) is 0 Å². The lowest BCUT2D eigenvalue weighted by molar-refractivity contribution is 0.590. The number of fused-ring (bicyclic) bond motifs is 16. The molecule has 77 heavy (non-hydrogen) atoms. The highest BCUT2D eigenvalue weighted by Gasteiger charge is 2.53. The lowest BCUT2D eigenvalue weighted by Gasteiger charge is -2.43. The number of nitrogens with zero attached hydrogens (tertiary/aromatic N) is 2. The summed E-state index contributed by atoms with van der Waals surface area (Å²) in [5, 5.41) is 1.31. The minimum Gasteiger partial charge on any atom is -0.311 e. The molecule has 0 atom stereocenters. The van der Waals surface area contributed by atoms with Crippen LogP contribution in [-0.4, -0.2) is 6.71 Å². The van der Waals surface area contributed by atoms with Gasteiger partial charge < -0.3 is 9.80 Å². The Hall–Kier alpha value is -7.40. The zero-order valence-corrected chi connectivity index (χ0v) is 47.6. The predicted molar refractivity (Wildman–Crippen MR) is 333 cm³/mol. The molecule has 14 rings (SSSR count). The van der Waals surface area contributed by atoms with Gasteiger partial charge in [-0.05, 0) is 185 Å². The Labute approximate surface area is 461 Å². The number of hydrogen-bond donors (Lipinski definition) is 0. The van der Waals surface area contributed by atoms with Gasteiger partial charge in [0.1, 0.15) is 0 Å². The molecule has 4 heteroatoms. The van der Waals surface area contributed by atoms with Crippen molar-refractivity contribution in [2.75, 3.05) is 9.80 Å². The summed E-state index contributed by atoms with van der Waals surface area (Å²) in [6.45, 7) is 27.8. The zero-order chi connectivity index (χ0) is 53.2. The monoisotopic (exact) mass is 1010 g/mol. The topological polar surface area (TPSA) is 6.48 Å². The molecule has 0 saturated carbocycles. The molecule has 0 saturated heterocycles. The number of aryl methyl sites for hydroxylation is 2. The maximum Gasteiger partial charge on any atom is 0.264 e. The van der Waals surface area contributed by atoms with E-state index >= 15 is 0 Å². The molecule has 1 aromatic heterocycles. The molecule has 10 aromatic rings. The van der Waals surface area contributed by atoms with Crippen LogP contribution >= 0.6 is 11.3 Å². The van der Waals surface area contributed by atoms with Crippen molar-refractivity contribution < 1.29 is 0 Å². The molecule has 2 nitrogen and oxygen atoms in total. The van der Waals surface area contributed by atoms with E-state index in [0.717, 1.165) is 0 Å². The first-order valence-corrected chi connectivity index (χ1v) is 28.9. The third-order valence-corrected chi connectivity index (χ3v) is 19.0. The molecule has 2 aliphatic heterocycles. The number of hydrogen-bond acceptors (Lipinski definition) is 3. The third-order valence-electron chi connectivity index (χ3n) is 17.8. The lowest BCUT2D eigenvalue weighted by Crippen LogP contribution is -2.60. The summed E-state index contributed by atoms with van der Waals surface area (Å²) < 4.78 is 2.72. The van der Waals surface area contributed by atoms with Gasteiger partial charge in [0, 0.05) is 43.3 Å². The molecule has 2 aliphatic carbocycles. The Morgan fingerprint density at radius 3 is 1.60 bits per heavy atom. The van der Waals surface area contributed by atoms with Crippen LogP contribution in [0.1, 0.15) is 137 Å². The van der Waals surface area contributed by atoms with Crippen molar-refractivity contribution in [1.82, 2.24) is 0 Å². The Balaban J connectivity index is 1.09. The van der Waals surface area contributed by atoms with E-state index in [1.807, 2.05) is 11.3 Å². The summed E-state index contributed by atoms with van der Waals surface area (Å²) >= 11 is 2.02. The zero-order valence-electron chi connectivity index (χ0n) is 46.8. The van der Waals surface area contributed by atoms with Crippen LogP contribution in [-0.2, 0) is 16.2 Å². The van der Waals surface area contributed by atoms with Crippen LogP contribution in [0.25, 0.3) is 43.5 Å². The van der Waals surface area contributed by atoms with Gasteiger partial charge in [0.25, 0.3) is 6.71 Å². The summed E-state index contributed by atoms with van der Waals surface area (Å²) in [4.78, 5) is 5.27. The van der Waals surface area contributed by atoms with E-state index in [-0.39, 0.29) is 17.5 Å². The molecular weight excluding hydrogens is 948 g/mol. The molecule has 0 bridgehead atoms. The highest BCUT2D eigenvalue weighted by molar-refractivity contribution is 7.33. The van der Waals surface area contributed by atoms with Crippen molar-refractivity contribution in [3.05, 3.63) is 232 Å². The van der Waals surface area contributed by atoms with E-state index in [2.05, 4.69) is 269 Å². The fourth-order valence-electron chi connectivity index (χ4n) is 14.2. The fourth-order valence-corrected chi connectivity index (χ4v) is 15.5. The maximum atomic E-state index is 2.66. The van der Waals surface area contributed by atoms with Gasteiger partial charge in [-0.1, -0.05) is 196 Å². The molecule has 0 N–H and O–H groups in total. The Bertz CT molecular complexity index is 4030. The largest absolute Gasteiger partial charge is 0.311 e. The molecule has 4 aliphatic rings. The summed E-state index contributed by atoms with van der Waals surface area (Å²) in [6.07, 6.45) is 0. The van der Waals surface area contributed by atoms with Crippen molar-refractivity contribution in [3.8, 4) is 33.4 Å². The summed E-state index contributed by atoms with van der Waals surface area (Å²) in [5.74, 6) is 0.745. The van der Waals surface area contributed by atoms with Gasteiger partial charge in [-0.15, -0.1) is 11.3 Å². The molecule has 0 unspecified atom stereocenters. The van der Waals surface area contributed by atoms with E-state index in [4.69, 9.17) is 0 Å². The number of rotatable bonds is 5. The van der Waals surface area contributed by atoms with Gasteiger partial charge in [-0.2, -0.15) is 0 Å². The summed E-state index contributed by atoms with van der Waals surface area (Å²) in [6, 6.07) is 69.4. The molecule has 378 valence electrons. The standard InChI is InChI=1S/C73H67BN2S/c1-42(2)51-20-17-21-52(43(3)4)67(51)46-25-35-62-63(39-46)75(49-30-26-47(27-31-49)71(7,8)9)64-37-45(6)38-65-68(64)74(62)70-69(76(65)50-32-28-48(29-33-50)72(10,11)12)57-40-56-55-34-24-44(5)36-60(55)73(61(56)41-66(57)77-70)58-22-15-13-18-53(58)54-19-14-16-23-59(54)73/h13-43H,1-12H3. The van der Waals surface area contributed by atoms with Crippen molar-refractivity contribution in [2.45, 2.75) is 111 Å². The van der Waals surface area contributed by atoms with Crippen LogP contribution in [0.3, 0.4) is 0 Å². The van der Waals surface area contributed by atoms with Crippen molar-refractivity contribution in [1.29, 1.82) is 0 Å². The molecule has 1 spiro atoms. The molecule has 0 radical (unpaired) electrons. The van der Waals surface area contributed by atoms with Crippen molar-refractivity contribution >= 4 is 78.0 Å².